The van der Waals surface area contributed by atoms with Gasteiger partial charge < -0.3 is 9.31 Å². The van der Waals surface area contributed by atoms with Gasteiger partial charge in [-0.05, 0) is 48.9 Å². The fraction of sp³-hybridized carbons (Fsp3) is 0.385. The van der Waals surface area contributed by atoms with E-state index in [1.165, 1.54) is 25.7 Å². The summed E-state index contributed by atoms with van der Waals surface area (Å²) in [7, 11) is -0.155. The molecular formula is C13H15BO2S2. The summed E-state index contributed by atoms with van der Waals surface area (Å²) in [6.07, 6.45) is 0.998. The van der Waals surface area contributed by atoms with E-state index in [0.29, 0.717) is 0 Å². The number of rotatable bonds is 2. The Morgan fingerprint density at radius 1 is 1.17 bits per heavy atom. The molecule has 0 amide bonds. The van der Waals surface area contributed by atoms with E-state index in [4.69, 9.17) is 9.31 Å². The minimum Gasteiger partial charge on any atom is -0.407 e. The maximum absolute atomic E-state index is 5.70. The van der Waals surface area contributed by atoms with Crippen molar-refractivity contribution in [2.75, 3.05) is 13.2 Å². The molecule has 3 heterocycles. The molecule has 1 saturated heterocycles. The smallest absolute Gasteiger partial charge is 0.407 e. The molecule has 0 aliphatic carbocycles. The summed E-state index contributed by atoms with van der Waals surface area (Å²) in [5, 5.41) is 2.15. The van der Waals surface area contributed by atoms with Crippen LogP contribution < -0.4 is 4.78 Å². The van der Waals surface area contributed by atoms with E-state index < -0.39 is 0 Å². The van der Waals surface area contributed by atoms with Gasteiger partial charge in [0.1, 0.15) is 0 Å². The van der Waals surface area contributed by atoms with Gasteiger partial charge in [-0.3, -0.25) is 0 Å². The van der Waals surface area contributed by atoms with Gasteiger partial charge in [-0.1, -0.05) is 0 Å². The van der Waals surface area contributed by atoms with Gasteiger partial charge in [0.25, 0.3) is 0 Å². The molecule has 0 atom stereocenters. The van der Waals surface area contributed by atoms with Crippen molar-refractivity contribution in [2.45, 2.75) is 20.3 Å². The lowest BCUT2D eigenvalue weighted by atomic mass is 9.84. The Labute approximate surface area is 116 Å². The van der Waals surface area contributed by atoms with Gasteiger partial charge in [0.15, 0.2) is 0 Å². The van der Waals surface area contributed by atoms with E-state index >= 15 is 0 Å². The molecule has 0 radical (unpaired) electrons. The fourth-order valence-corrected chi connectivity index (χ4v) is 4.39. The van der Waals surface area contributed by atoms with E-state index in [2.05, 4.69) is 31.4 Å². The van der Waals surface area contributed by atoms with E-state index in [0.717, 1.165) is 19.6 Å². The molecule has 1 aliphatic rings. The van der Waals surface area contributed by atoms with Crippen molar-refractivity contribution in [3.8, 4) is 9.75 Å². The first kappa shape index (κ1) is 12.4. The third kappa shape index (κ3) is 2.28. The first-order chi connectivity index (χ1) is 8.75. The Morgan fingerprint density at radius 2 is 1.94 bits per heavy atom. The van der Waals surface area contributed by atoms with Gasteiger partial charge in [0.2, 0.25) is 0 Å². The monoisotopic (exact) mass is 278 g/mol. The summed E-state index contributed by atoms with van der Waals surface area (Å²) in [6.45, 7) is 5.90. The first-order valence-electron chi connectivity index (χ1n) is 6.13. The predicted molar refractivity (Wildman–Crippen MR) is 79.0 cm³/mol. The number of aryl methyl sites for hydroxylation is 2. The lowest BCUT2D eigenvalue weighted by molar-refractivity contribution is 0.144. The van der Waals surface area contributed by atoms with Crippen molar-refractivity contribution >= 4 is 34.6 Å². The Hall–Kier alpha value is -0.615. The second kappa shape index (κ2) is 5.17. The standard InChI is InChI=1S/C13H15BO2S2/c1-9-4-7-17-12(9)11-8-10(2)13(18-11)14-15-5-3-6-16-14/h4,7-8H,3,5-6H2,1-2H3. The molecule has 0 saturated carbocycles. The molecule has 0 N–H and O–H groups in total. The highest BCUT2D eigenvalue weighted by Crippen LogP contribution is 2.33. The minimum atomic E-state index is -0.155. The van der Waals surface area contributed by atoms with Crippen LogP contribution in [0.2, 0.25) is 0 Å². The molecule has 94 valence electrons. The average molecular weight is 278 g/mol. The van der Waals surface area contributed by atoms with Gasteiger partial charge in [-0.25, -0.2) is 0 Å². The highest BCUT2D eigenvalue weighted by Gasteiger charge is 2.28. The molecule has 0 aromatic carbocycles. The maximum Gasteiger partial charge on any atom is 0.504 e. The lowest BCUT2D eigenvalue weighted by Crippen LogP contribution is -2.40. The van der Waals surface area contributed by atoms with Crippen LogP contribution in [0.25, 0.3) is 9.75 Å². The maximum atomic E-state index is 5.70. The van der Waals surface area contributed by atoms with Crippen LogP contribution in [0, 0.1) is 13.8 Å². The minimum absolute atomic E-state index is 0.155. The van der Waals surface area contributed by atoms with Crippen molar-refractivity contribution < 1.29 is 9.31 Å². The zero-order valence-electron chi connectivity index (χ0n) is 10.6. The molecular weight excluding hydrogens is 263 g/mol. The van der Waals surface area contributed by atoms with Crippen LogP contribution in [0.1, 0.15) is 17.5 Å². The molecule has 2 aromatic heterocycles. The SMILES string of the molecule is Cc1cc(-c2sccc2C)sc1B1OCCCO1. The Kier molecular flexibility index (Phi) is 3.57. The Bertz CT molecular complexity index is 541. The molecule has 3 rings (SSSR count). The van der Waals surface area contributed by atoms with E-state index in [9.17, 15) is 0 Å². The topological polar surface area (TPSA) is 18.5 Å². The van der Waals surface area contributed by atoms with Gasteiger partial charge in [-0.2, -0.15) is 0 Å². The third-order valence-electron chi connectivity index (χ3n) is 3.08. The van der Waals surface area contributed by atoms with E-state index in [1.54, 1.807) is 22.7 Å². The highest BCUT2D eigenvalue weighted by molar-refractivity contribution is 7.28. The van der Waals surface area contributed by atoms with Crippen LogP contribution in [0.3, 0.4) is 0 Å². The summed E-state index contributed by atoms with van der Waals surface area (Å²) < 4.78 is 12.6. The van der Waals surface area contributed by atoms with Crippen molar-refractivity contribution in [2.24, 2.45) is 0 Å². The second-order valence-corrected chi connectivity index (χ2v) is 6.52. The zero-order chi connectivity index (χ0) is 12.5. The Morgan fingerprint density at radius 3 is 2.61 bits per heavy atom. The zero-order valence-corrected chi connectivity index (χ0v) is 12.2. The molecule has 1 fully saturated rings. The van der Waals surface area contributed by atoms with Crippen LogP contribution in [0.4, 0.5) is 0 Å². The number of hydrogen-bond donors (Lipinski definition) is 0. The third-order valence-corrected chi connectivity index (χ3v) is 5.54. The summed E-state index contributed by atoms with van der Waals surface area (Å²) in [5.74, 6) is 0. The number of hydrogen-bond acceptors (Lipinski definition) is 4. The number of thiophene rings is 2. The molecule has 1 aliphatic heterocycles. The van der Waals surface area contributed by atoms with E-state index in [-0.39, 0.29) is 7.12 Å². The highest BCUT2D eigenvalue weighted by atomic mass is 32.1. The molecule has 2 nitrogen and oxygen atoms in total. The molecule has 18 heavy (non-hydrogen) atoms. The van der Waals surface area contributed by atoms with Gasteiger partial charge in [0, 0.05) is 27.7 Å². The summed E-state index contributed by atoms with van der Waals surface area (Å²) in [4.78, 5) is 2.69. The molecule has 2 aromatic rings. The van der Waals surface area contributed by atoms with Crippen LogP contribution in [-0.2, 0) is 9.31 Å². The van der Waals surface area contributed by atoms with Crippen LogP contribution in [-0.4, -0.2) is 20.3 Å². The van der Waals surface area contributed by atoms with Crippen molar-refractivity contribution in [3.05, 3.63) is 28.6 Å². The van der Waals surface area contributed by atoms with Crippen LogP contribution >= 0.6 is 22.7 Å². The van der Waals surface area contributed by atoms with Gasteiger partial charge in [-0.15, -0.1) is 22.7 Å². The largest absolute Gasteiger partial charge is 0.504 e. The van der Waals surface area contributed by atoms with Crippen molar-refractivity contribution in [1.82, 2.24) is 0 Å². The second-order valence-electron chi connectivity index (χ2n) is 4.52. The normalized spacial score (nSPS) is 16.2. The van der Waals surface area contributed by atoms with Crippen LogP contribution in [0.5, 0.6) is 0 Å². The summed E-state index contributed by atoms with van der Waals surface area (Å²) in [5.41, 5.74) is 2.62. The summed E-state index contributed by atoms with van der Waals surface area (Å²) in [6, 6.07) is 4.42. The van der Waals surface area contributed by atoms with Gasteiger partial charge >= 0.3 is 7.12 Å². The van der Waals surface area contributed by atoms with Gasteiger partial charge in [0.05, 0.1) is 0 Å². The molecule has 5 heteroatoms. The Balaban J connectivity index is 1.93. The molecule has 0 unspecified atom stereocenters. The fourth-order valence-electron chi connectivity index (χ4n) is 2.11. The summed E-state index contributed by atoms with van der Waals surface area (Å²) >= 11 is 3.60. The van der Waals surface area contributed by atoms with Crippen LogP contribution in [0.15, 0.2) is 17.5 Å². The predicted octanol–water partition coefficient (Wildman–Crippen LogP) is 3.23. The van der Waals surface area contributed by atoms with Crippen molar-refractivity contribution in [1.29, 1.82) is 0 Å². The van der Waals surface area contributed by atoms with E-state index in [1.807, 2.05) is 0 Å². The average Bonchev–Trinajstić information content (AvgIpc) is 2.96. The quantitative estimate of drug-likeness (QED) is 0.785. The van der Waals surface area contributed by atoms with Crippen molar-refractivity contribution in [3.63, 3.8) is 0 Å². The molecule has 0 spiro atoms. The first-order valence-corrected chi connectivity index (χ1v) is 7.83. The lowest BCUT2D eigenvalue weighted by Gasteiger charge is -2.19. The molecule has 0 bridgehead atoms.